The number of rotatable bonds is 7. The molecule has 0 spiro atoms. The van der Waals surface area contributed by atoms with Crippen molar-refractivity contribution in [3.63, 3.8) is 0 Å². The minimum absolute atomic E-state index is 0.216. The van der Waals surface area contributed by atoms with E-state index < -0.39 is 23.5 Å². The largest absolute Gasteiger partial charge is 0.480 e. The molecule has 1 heterocycles. The van der Waals surface area contributed by atoms with Gasteiger partial charge in [-0.2, -0.15) is 5.10 Å². The number of nitrogens with zero attached hydrogens (tertiary/aromatic N) is 3. The lowest BCUT2D eigenvalue weighted by Crippen LogP contribution is -2.45. The van der Waals surface area contributed by atoms with Crippen molar-refractivity contribution in [3.8, 4) is 0 Å². The van der Waals surface area contributed by atoms with Gasteiger partial charge in [-0.05, 0) is 13.8 Å². The number of nitrogens with one attached hydrogen (secondary N) is 1. The fraction of sp³-hybridized carbons (Fsp3) is 0.538. The summed E-state index contributed by atoms with van der Waals surface area (Å²) in [6.07, 6.45) is 1.51. The highest BCUT2D eigenvalue weighted by Crippen LogP contribution is 2.08. The molecule has 0 saturated heterocycles. The standard InChI is InChI=1S/C13H20N4O4/c1-4-16(5-2)10-6-12(19)17(14-7-10)8-11(13(20)21)15-9(3)18/h6-7,11H,4-5,8H2,1-3H3,(H,15,18)(H,20,21). The zero-order chi connectivity index (χ0) is 16.0. The molecule has 8 heteroatoms. The highest BCUT2D eigenvalue weighted by molar-refractivity contribution is 5.81. The number of amides is 1. The van der Waals surface area contributed by atoms with Crippen molar-refractivity contribution in [3.05, 3.63) is 22.6 Å². The van der Waals surface area contributed by atoms with E-state index in [1.807, 2.05) is 18.7 Å². The second-order valence-electron chi connectivity index (χ2n) is 4.50. The van der Waals surface area contributed by atoms with E-state index in [9.17, 15) is 14.4 Å². The number of hydrogen-bond donors (Lipinski definition) is 2. The minimum Gasteiger partial charge on any atom is -0.480 e. The smallest absolute Gasteiger partial charge is 0.328 e. The van der Waals surface area contributed by atoms with Gasteiger partial charge in [0.1, 0.15) is 6.04 Å². The first kappa shape index (κ1) is 16.7. The summed E-state index contributed by atoms with van der Waals surface area (Å²) in [6, 6.07) is 0.221. The monoisotopic (exact) mass is 296 g/mol. The van der Waals surface area contributed by atoms with Crippen LogP contribution in [-0.2, 0) is 16.1 Å². The van der Waals surface area contributed by atoms with Crippen molar-refractivity contribution < 1.29 is 14.7 Å². The summed E-state index contributed by atoms with van der Waals surface area (Å²) in [6.45, 7) is 6.41. The molecule has 0 aromatic carbocycles. The zero-order valence-electron chi connectivity index (χ0n) is 12.4. The van der Waals surface area contributed by atoms with Crippen molar-refractivity contribution in [2.45, 2.75) is 33.4 Å². The first-order valence-corrected chi connectivity index (χ1v) is 6.71. The molecule has 116 valence electrons. The Morgan fingerprint density at radius 2 is 2.05 bits per heavy atom. The number of carbonyl (C=O) groups excluding carboxylic acids is 1. The van der Waals surface area contributed by atoms with E-state index in [0.29, 0.717) is 5.69 Å². The fourth-order valence-corrected chi connectivity index (χ4v) is 1.93. The molecule has 1 aromatic rings. The average Bonchev–Trinajstić information content (AvgIpc) is 2.41. The number of carbonyl (C=O) groups is 2. The van der Waals surface area contributed by atoms with Gasteiger partial charge in [-0.15, -0.1) is 0 Å². The average molecular weight is 296 g/mol. The zero-order valence-corrected chi connectivity index (χ0v) is 12.4. The minimum atomic E-state index is -1.22. The Kier molecular flexibility index (Phi) is 5.89. The maximum Gasteiger partial charge on any atom is 0.328 e. The van der Waals surface area contributed by atoms with Gasteiger partial charge in [-0.3, -0.25) is 9.59 Å². The number of carboxylic acid groups (broad SMARTS) is 1. The second-order valence-corrected chi connectivity index (χ2v) is 4.50. The van der Waals surface area contributed by atoms with Crippen molar-refractivity contribution in [1.82, 2.24) is 15.1 Å². The summed E-state index contributed by atoms with van der Waals surface area (Å²) in [4.78, 5) is 36.0. The maximum absolute atomic E-state index is 12.0. The van der Waals surface area contributed by atoms with Crippen molar-refractivity contribution in [2.24, 2.45) is 0 Å². The summed E-state index contributed by atoms with van der Waals surface area (Å²) < 4.78 is 1.03. The molecule has 0 fully saturated rings. The molecule has 8 nitrogen and oxygen atoms in total. The van der Waals surface area contributed by atoms with Gasteiger partial charge < -0.3 is 15.3 Å². The molecule has 0 saturated carbocycles. The van der Waals surface area contributed by atoms with Crippen molar-refractivity contribution >= 4 is 17.6 Å². The van der Waals surface area contributed by atoms with Gasteiger partial charge >= 0.3 is 5.97 Å². The van der Waals surface area contributed by atoms with Crippen LogP contribution in [0, 0.1) is 0 Å². The van der Waals surface area contributed by atoms with Crippen LogP contribution in [0.2, 0.25) is 0 Å². The predicted octanol–water partition coefficient (Wildman–Crippen LogP) is -0.321. The lowest BCUT2D eigenvalue weighted by molar-refractivity contribution is -0.142. The molecule has 2 N–H and O–H groups in total. The third kappa shape index (κ3) is 4.59. The molecular weight excluding hydrogens is 276 g/mol. The molecule has 1 unspecified atom stereocenters. The number of carboxylic acids is 1. The van der Waals surface area contributed by atoms with E-state index in [0.717, 1.165) is 17.8 Å². The highest BCUT2D eigenvalue weighted by atomic mass is 16.4. The van der Waals surface area contributed by atoms with E-state index in [1.165, 1.54) is 19.2 Å². The number of aliphatic carboxylic acids is 1. The molecule has 1 rings (SSSR count). The predicted molar refractivity (Wildman–Crippen MR) is 77.3 cm³/mol. The first-order chi connectivity index (χ1) is 9.88. The van der Waals surface area contributed by atoms with Crippen molar-refractivity contribution in [2.75, 3.05) is 18.0 Å². The molecule has 1 aromatic heterocycles. The summed E-state index contributed by atoms with van der Waals surface area (Å²) in [7, 11) is 0. The molecule has 0 aliphatic rings. The lowest BCUT2D eigenvalue weighted by atomic mass is 10.3. The van der Waals surface area contributed by atoms with E-state index >= 15 is 0 Å². The van der Waals surface area contributed by atoms with Gasteiger partial charge in [0.2, 0.25) is 5.91 Å². The summed E-state index contributed by atoms with van der Waals surface area (Å²) >= 11 is 0. The lowest BCUT2D eigenvalue weighted by Gasteiger charge is -2.21. The van der Waals surface area contributed by atoms with Crippen molar-refractivity contribution in [1.29, 1.82) is 0 Å². The van der Waals surface area contributed by atoms with Crippen LogP contribution in [0.3, 0.4) is 0 Å². The third-order valence-corrected chi connectivity index (χ3v) is 3.01. The van der Waals surface area contributed by atoms with E-state index in [4.69, 9.17) is 5.11 Å². The van der Waals surface area contributed by atoms with Crippen LogP contribution in [0.1, 0.15) is 20.8 Å². The maximum atomic E-state index is 12.0. The second kappa shape index (κ2) is 7.41. The Morgan fingerprint density at radius 3 is 2.48 bits per heavy atom. The van der Waals surface area contributed by atoms with Crippen LogP contribution in [0.15, 0.2) is 17.1 Å². The Bertz CT molecular complexity index is 566. The van der Waals surface area contributed by atoms with Gasteiger partial charge in [0.15, 0.2) is 0 Å². The molecule has 0 aliphatic heterocycles. The normalized spacial score (nSPS) is 11.8. The van der Waals surface area contributed by atoms with E-state index in [2.05, 4.69) is 10.4 Å². The molecule has 1 amide bonds. The fourth-order valence-electron chi connectivity index (χ4n) is 1.93. The van der Waals surface area contributed by atoms with Crippen LogP contribution < -0.4 is 15.8 Å². The highest BCUT2D eigenvalue weighted by Gasteiger charge is 2.20. The van der Waals surface area contributed by atoms with Gasteiger partial charge in [0, 0.05) is 26.1 Å². The molecule has 0 aliphatic carbocycles. The summed E-state index contributed by atoms with van der Waals surface area (Å²) in [5, 5.41) is 15.3. The Balaban J connectivity index is 2.96. The SMILES string of the molecule is CCN(CC)c1cnn(CC(NC(C)=O)C(=O)O)c(=O)c1. The van der Waals surface area contributed by atoms with Crippen LogP contribution in [0.5, 0.6) is 0 Å². The third-order valence-electron chi connectivity index (χ3n) is 3.01. The molecule has 1 atom stereocenters. The summed E-state index contributed by atoms with van der Waals surface area (Å²) in [5.41, 5.74) is 0.281. The summed E-state index contributed by atoms with van der Waals surface area (Å²) in [5.74, 6) is -1.69. The number of anilines is 1. The van der Waals surface area contributed by atoms with E-state index in [-0.39, 0.29) is 6.54 Å². The Labute approximate surface area is 122 Å². The van der Waals surface area contributed by atoms with Gasteiger partial charge in [-0.25, -0.2) is 9.48 Å². The van der Waals surface area contributed by atoms with E-state index in [1.54, 1.807) is 0 Å². The molecule has 21 heavy (non-hydrogen) atoms. The quantitative estimate of drug-likeness (QED) is 0.714. The van der Waals surface area contributed by atoms with Gasteiger partial charge in [0.25, 0.3) is 5.56 Å². The van der Waals surface area contributed by atoms with Crippen LogP contribution >= 0.6 is 0 Å². The van der Waals surface area contributed by atoms with Crippen LogP contribution in [0.25, 0.3) is 0 Å². The Morgan fingerprint density at radius 1 is 1.43 bits per heavy atom. The van der Waals surface area contributed by atoms with Crippen LogP contribution in [0.4, 0.5) is 5.69 Å². The molecule has 0 radical (unpaired) electrons. The molecule has 0 bridgehead atoms. The van der Waals surface area contributed by atoms with Gasteiger partial charge in [-0.1, -0.05) is 0 Å². The molecular formula is C13H20N4O4. The number of aromatic nitrogens is 2. The van der Waals surface area contributed by atoms with Gasteiger partial charge in [0.05, 0.1) is 18.4 Å². The number of hydrogen-bond acceptors (Lipinski definition) is 5. The topological polar surface area (TPSA) is 105 Å². The first-order valence-electron chi connectivity index (χ1n) is 6.71. The van der Waals surface area contributed by atoms with Crippen LogP contribution in [-0.4, -0.2) is 45.9 Å². The Hall–Kier alpha value is -2.38.